The Labute approximate surface area is 178 Å². The fourth-order valence-electron chi connectivity index (χ4n) is 2.40. The number of carbonyl (C=O) groups is 1. The molecule has 2 atom stereocenters. The molecule has 2 aromatic carbocycles. The summed E-state index contributed by atoms with van der Waals surface area (Å²) < 4.78 is 84.7. The third-order valence-corrected chi connectivity index (χ3v) is 5.03. The standard InChI is InChI=1S/C19H17F6O2P.Li/c1-3-11(2)27-12-7-9-13(10-8-12)28-17(26)16-14(18(20,21)22)5-4-6-15(16)19(23,24)25;/h4-11,28H,3H2,1-2H3;. The van der Waals surface area contributed by atoms with Gasteiger partial charge in [0.15, 0.2) is 5.52 Å². The van der Waals surface area contributed by atoms with Crippen molar-refractivity contribution in [2.24, 2.45) is 0 Å². The van der Waals surface area contributed by atoms with Crippen LogP contribution in [0.5, 0.6) is 5.75 Å². The van der Waals surface area contributed by atoms with E-state index in [1.807, 2.05) is 13.8 Å². The second kappa shape index (κ2) is 10.0. The van der Waals surface area contributed by atoms with Crippen LogP contribution in [-0.2, 0) is 12.4 Å². The van der Waals surface area contributed by atoms with Crippen LogP contribution in [0.2, 0.25) is 0 Å². The Morgan fingerprint density at radius 2 is 1.45 bits per heavy atom. The minimum Gasteiger partial charge on any atom is -0.491 e. The van der Waals surface area contributed by atoms with E-state index in [4.69, 9.17) is 4.74 Å². The largest absolute Gasteiger partial charge is 0.491 e. The molecule has 0 heterocycles. The number of halogens is 6. The van der Waals surface area contributed by atoms with Crippen molar-refractivity contribution < 1.29 is 35.9 Å². The van der Waals surface area contributed by atoms with E-state index in [9.17, 15) is 31.1 Å². The van der Waals surface area contributed by atoms with E-state index >= 15 is 0 Å². The molecule has 2 nitrogen and oxygen atoms in total. The Morgan fingerprint density at radius 1 is 0.966 bits per heavy atom. The summed E-state index contributed by atoms with van der Waals surface area (Å²) in [7, 11) is -0.895. The first kappa shape index (κ1) is 25.6. The van der Waals surface area contributed by atoms with Gasteiger partial charge in [0, 0.05) is 24.4 Å². The van der Waals surface area contributed by atoms with E-state index in [0.717, 1.165) is 6.42 Å². The molecule has 2 rings (SSSR count). The van der Waals surface area contributed by atoms with Crippen LogP contribution >= 0.6 is 8.58 Å². The van der Waals surface area contributed by atoms with Crippen LogP contribution in [0.25, 0.3) is 0 Å². The van der Waals surface area contributed by atoms with Gasteiger partial charge in [-0.2, -0.15) is 26.3 Å². The zero-order chi connectivity index (χ0) is 21.1. The number of carbonyl (C=O) groups excluding carboxylic acids is 1. The van der Waals surface area contributed by atoms with Gasteiger partial charge < -0.3 is 4.74 Å². The van der Waals surface area contributed by atoms with Gasteiger partial charge in [0.25, 0.3) is 0 Å². The van der Waals surface area contributed by atoms with E-state index in [-0.39, 0.29) is 25.0 Å². The fraction of sp³-hybridized carbons (Fsp3) is 0.316. The molecule has 0 saturated heterocycles. The Hall–Kier alpha value is -1.48. The van der Waals surface area contributed by atoms with E-state index in [1.54, 1.807) is 0 Å². The maximum absolute atomic E-state index is 13.2. The quantitative estimate of drug-likeness (QED) is 0.336. The number of ether oxygens (including phenoxy) is 1. The SMILES string of the molecule is CCC(C)Oc1ccc(PC(=O)c2c(C(F)(F)F)cccc2C(F)(F)F)cc1.[Li]. The molecule has 1 radical (unpaired) electrons. The normalized spacial score (nSPS) is 13.2. The van der Waals surface area contributed by atoms with Crippen LogP contribution in [0, 0.1) is 0 Å². The first-order chi connectivity index (χ1) is 12.9. The zero-order valence-electron chi connectivity index (χ0n) is 15.9. The number of benzene rings is 2. The van der Waals surface area contributed by atoms with Gasteiger partial charge >= 0.3 is 12.4 Å². The molecule has 0 bridgehead atoms. The van der Waals surface area contributed by atoms with Crippen molar-refractivity contribution in [3.63, 3.8) is 0 Å². The van der Waals surface area contributed by atoms with Crippen LogP contribution < -0.4 is 10.0 Å². The maximum atomic E-state index is 13.2. The molecule has 0 spiro atoms. The third-order valence-electron chi connectivity index (χ3n) is 3.93. The Bertz CT molecular complexity index is 802. The molecule has 0 aliphatic rings. The molecule has 0 aliphatic heterocycles. The smallest absolute Gasteiger partial charge is 0.417 e. The van der Waals surface area contributed by atoms with Gasteiger partial charge in [-0.3, -0.25) is 4.79 Å². The topological polar surface area (TPSA) is 26.3 Å². The first-order valence-corrected chi connectivity index (χ1v) is 9.29. The monoisotopic (exact) mass is 429 g/mol. The van der Waals surface area contributed by atoms with Crippen LogP contribution in [0.1, 0.15) is 41.8 Å². The molecule has 0 N–H and O–H groups in total. The molecular weight excluding hydrogens is 412 g/mol. The Morgan fingerprint density at radius 3 is 1.86 bits per heavy atom. The van der Waals surface area contributed by atoms with E-state index in [2.05, 4.69) is 0 Å². The second-order valence-electron chi connectivity index (χ2n) is 6.04. The summed E-state index contributed by atoms with van der Waals surface area (Å²) in [4.78, 5) is 12.4. The van der Waals surface area contributed by atoms with Crippen LogP contribution in [0.4, 0.5) is 26.3 Å². The van der Waals surface area contributed by atoms with Crippen molar-refractivity contribution in [3.8, 4) is 5.75 Å². The molecule has 2 aromatic rings. The van der Waals surface area contributed by atoms with Gasteiger partial charge in [-0.1, -0.05) is 25.1 Å². The van der Waals surface area contributed by atoms with Crippen LogP contribution in [0.3, 0.4) is 0 Å². The number of alkyl halides is 6. The molecule has 153 valence electrons. The first-order valence-electron chi connectivity index (χ1n) is 8.29. The predicted molar refractivity (Wildman–Crippen MR) is 101 cm³/mol. The Balaban J connectivity index is 0.00000420. The average molecular weight is 429 g/mol. The van der Waals surface area contributed by atoms with Gasteiger partial charge in [-0.25, -0.2) is 0 Å². The summed E-state index contributed by atoms with van der Waals surface area (Å²) in [5, 5.41) is 0.312. The van der Waals surface area contributed by atoms with Crippen molar-refractivity contribution in [1.29, 1.82) is 0 Å². The van der Waals surface area contributed by atoms with Gasteiger partial charge in [0.1, 0.15) is 5.75 Å². The summed E-state index contributed by atoms with van der Waals surface area (Å²) >= 11 is 0. The minimum absolute atomic E-state index is 0. The van der Waals surface area contributed by atoms with Crippen LogP contribution in [-0.4, -0.2) is 30.5 Å². The van der Waals surface area contributed by atoms with Crippen molar-refractivity contribution in [2.75, 3.05) is 0 Å². The Kier molecular flexibility index (Phi) is 8.83. The molecule has 2 unspecified atom stereocenters. The second-order valence-corrected chi connectivity index (χ2v) is 7.32. The van der Waals surface area contributed by atoms with E-state index in [0.29, 0.717) is 29.3 Å². The molecule has 0 amide bonds. The summed E-state index contributed by atoms with van der Waals surface area (Å²) in [6.45, 7) is 3.78. The number of rotatable bonds is 6. The van der Waals surface area contributed by atoms with Gasteiger partial charge in [-0.05, 0) is 51.5 Å². The predicted octanol–water partition coefficient (Wildman–Crippen LogP) is 5.66. The molecule has 0 fully saturated rings. The molecule has 0 aromatic heterocycles. The summed E-state index contributed by atoms with van der Waals surface area (Å²) in [5.41, 5.74) is -5.75. The fourth-order valence-corrected chi connectivity index (χ4v) is 3.39. The van der Waals surface area contributed by atoms with Gasteiger partial charge in [0.05, 0.1) is 17.2 Å². The summed E-state index contributed by atoms with van der Waals surface area (Å²) in [6, 6.07) is 7.58. The van der Waals surface area contributed by atoms with Crippen molar-refractivity contribution in [2.45, 2.75) is 38.7 Å². The van der Waals surface area contributed by atoms with Crippen LogP contribution in [0.15, 0.2) is 42.5 Å². The van der Waals surface area contributed by atoms with Crippen molar-refractivity contribution in [3.05, 3.63) is 59.2 Å². The van der Waals surface area contributed by atoms with Crippen molar-refractivity contribution in [1.82, 2.24) is 0 Å². The molecule has 10 heteroatoms. The number of hydrogen-bond donors (Lipinski definition) is 0. The van der Waals surface area contributed by atoms with E-state index in [1.165, 1.54) is 24.3 Å². The van der Waals surface area contributed by atoms with Gasteiger partial charge in [0.2, 0.25) is 0 Å². The molecule has 0 saturated carbocycles. The molecular formula is C19H17F6LiO2P. The maximum Gasteiger partial charge on any atom is 0.417 e. The summed E-state index contributed by atoms with van der Waals surface area (Å²) in [6.07, 6.45) is -9.45. The van der Waals surface area contributed by atoms with E-state index < -0.39 is 43.1 Å². The minimum atomic E-state index is -5.08. The average Bonchev–Trinajstić information content (AvgIpc) is 2.61. The van der Waals surface area contributed by atoms with Gasteiger partial charge in [-0.15, -0.1) is 0 Å². The molecule has 29 heavy (non-hydrogen) atoms. The zero-order valence-corrected chi connectivity index (χ0v) is 16.9. The van der Waals surface area contributed by atoms with Crippen molar-refractivity contribution >= 4 is 38.3 Å². The third kappa shape index (κ3) is 6.77. The summed E-state index contributed by atoms with van der Waals surface area (Å²) in [5.74, 6) is 0.502. The number of hydrogen-bond acceptors (Lipinski definition) is 2. The molecule has 0 aliphatic carbocycles.